The number of benzene rings is 2. The summed E-state index contributed by atoms with van der Waals surface area (Å²) in [6.07, 6.45) is 0.463. The molecule has 4 rings (SSSR count). The number of para-hydroxylation sites is 1. The lowest BCUT2D eigenvalue weighted by Crippen LogP contribution is -2.42. The summed E-state index contributed by atoms with van der Waals surface area (Å²) in [6, 6.07) is 15.4. The zero-order chi connectivity index (χ0) is 22.7. The molecule has 1 unspecified atom stereocenters. The zero-order valence-corrected chi connectivity index (χ0v) is 19.2. The fourth-order valence-electron chi connectivity index (χ4n) is 3.86. The van der Waals surface area contributed by atoms with Gasteiger partial charge in [-0.1, -0.05) is 42.1 Å². The number of aromatic nitrogens is 3. The second-order valence-electron chi connectivity index (χ2n) is 7.48. The van der Waals surface area contributed by atoms with Gasteiger partial charge in [-0.25, -0.2) is 12.8 Å². The first kappa shape index (κ1) is 22.5. The highest BCUT2D eigenvalue weighted by atomic mass is 32.2. The predicted octanol–water partition coefficient (Wildman–Crippen LogP) is 3.20. The number of amides is 1. The second-order valence-corrected chi connectivity index (χ2v) is 10.7. The molecule has 1 saturated heterocycles. The van der Waals surface area contributed by atoms with E-state index in [0.717, 1.165) is 5.69 Å². The third-order valence-corrected chi connectivity index (χ3v) is 8.06. The second kappa shape index (κ2) is 9.41. The van der Waals surface area contributed by atoms with Crippen LogP contribution in [0.1, 0.15) is 13.3 Å². The summed E-state index contributed by atoms with van der Waals surface area (Å²) in [7, 11) is -3.09. The normalized spacial score (nSPS) is 17.4. The number of sulfone groups is 1. The quantitative estimate of drug-likeness (QED) is 0.489. The van der Waals surface area contributed by atoms with Crippen LogP contribution in [0.5, 0.6) is 0 Å². The number of rotatable bonds is 7. The average molecular weight is 475 g/mol. The van der Waals surface area contributed by atoms with Crippen molar-refractivity contribution < 1.29 is 17.6 Å². The molecule has 168 valence electrons. The first-order valence-electron chi connectivity index (χ1n) is 10.3. The average Bonchev–Trinajstić information content (AvgIpc) is 3.36. The first-order valence-corrected chi connectivity index (χ1v) is 13.1. The minimum absolute atomic E-state index is 0.00881. The van der Waals surface area contributed by atoms with Gasteiger partial charge in [0.2, 0.25) is 5.91 Å². The number of carbonyl (C=O) groups excluding carboxylic acids is 1. The number of thioether (sulfide) groups is 1. The van der Waals surface area contributed by atoms with Crippen LogP contribution in [0.2, 0.25) is 0 Å². The highest BCUT2D eigenvalue weighted by Crippen LogP contribution is 2.30. The standard InChI is InChI=1S/C22H23FN4O3S2/c1-2-26(17-12-13-32(29,30)15-17)20(28)14-31-22-25-24-21(18-10-6-7-11-19(18)23)27(22)16-8-4-3-5-9-16/h3-11,17H,2,12-15H2,1H3. The van der Waals surface area contributed by atoms with Crippen molar-refractivity contribution in [2.45, 2.75) is 24.5 Å². The molecule has 2 heterocycles. The largest absolute Gasteiger partial charge is 0.338 e. The number of hydrogen-bond acceptors (Lipinski definition) is 6. The van der Waals surface area contributed by atoms with Gasteiger partial charge in [-0.2, -0.15) is 0 Å². The first-order chi connectivity index (χ1) is 15.4. The lowest BCUT2D eigenvalue weighted by Gasteiger charge is -2.26. The number of hydrogen-bond donors (Lipinski definition) is 0. The molecule has 10 heteroatoms. The molecule has 0 radical (unpaired) electrons. The minimum Gasteiger partial charge on any atom is -0.338 e. The number of carbonyl (C=O) groups is 1. The van der Waals surface area contributed by atoms with Crippen molar-refractivity contribution in [3.05, 3.63) is 60.4 Å². The monoisotopic (exact) mass is 474 g/mol. The Morgan fingerprint density at radius 2 is 1.88 bits per heavy atom. The minimum atomic E-state index is -3.09. The molecule has 1 atom stereocenters. The molecule has 0 bridgehead atoms. The molecule has 1 aromatic heterocycles. The SMILES string of the molecule is CCN(C(=O)CSc1nnc(-c2ccccc2F)n1-c1ccccc1)C1CCS(=O)(=O)C1. The van der Waals surface area contributed by atoms with Gasteiger partial charge in [0.15, 0.2) is 20.8 Å². The molecule has 7 nitrogen and oxygen atoms in total. The molecular weight excluding hydrogens is 451 g/mol. The highest BCUT2D eigenvalue weighted by Gasteiger charge is 2.34. The van der Waals surface area contributed by atoms with Crippen molar-refractivity contribution in [2.24, 2.45) is 0 Å². The molecule has 1 amide bonds. The third-order valence-electron chi connectivity index (χ3n) is 5.40. The molecule has 0 aliphatic carbocycles. The summed E-state index contributed by atoms with van der Waals surface area (Å²) in [4.78, 5) is 14.5. The van der Waals surface area contributed by atoms with Crippen molar-refractivity contribution in [1.29, 1.82) is 0 Å². The Labute approximate surface area is 190 Å². The third kappa shape index (κ3) is 4.71. The van der Waals surface area contributed by atoms with Gasteiger partial charge >= 0.3 is 0 Å². The lowest BCUT2D eigenvalue weighted by atomic mass is 10.2. The van der Waals surface area contributed by atoms with Crippen LogP contribution in [0.15, 0.2) is 59.8 Å². The van der Waals surface area contributed by atoms with E-state index in [9.17, 15) is 17.6 Å². The Morgan fingerprint density at radius 1 is 1.16 bits per heavy atom. The van der Waals surface area contributed by atoms with Gasteiger partial charge in [-0.05, 0) is 37.6 Å². The maximum Gasteiger partial charge on any atom is 0.233 e. The maximum atomic E-state index is 14.5. The fourth-order valence-corrected chi connectivity index (χ4v) is 6.43. The van der Waals surface area contributed by atoms with E-state index in [4.69, 9.17) is 0 Å². The zero-order valence-electron chi connectivity index (χ0n) is 17.5. The van der Waals surface area contributed by atoms with Gasteiger partial charge in [0.1, 0.15) is 5.82 Å². The topological polar surface area (TPSA) is 85.2 Å². The van der Waals surface area contributed by atoms with Crippen molar-refractivity contribution >= 4 is 27.5 Å². The Hall–Kier alpha value is -2.72. The number of halogens is 1. The van der Waals surface area contributed by atoms with Crippen LogP contribution in [0.3, 0.4) is 0 Å². The van der Waals surface area contributed by atoms with Crippen molar-refractivity contribution in [3.63, 3.8) is 0 Å². The van der Waals surface area contributed by atoms with Gasteiger partial charge in [0, 0.05) is 18.3 Å². The summed E-state index contributed by atoms with van der Waals surface area (Å²) in [5.74, 6) is -0.0258. The Bertz CT molecular complexity index is 1210. The van der Waals surface area contributed by atoms with Gasteiger partial charge in [-0.15, -0.1) is 10.2 Å². The van der Waals surface area contributed by atoms with Crippen LogP contribution in [0.25, 0.3) is 17.1 Å². The van der Waals surface area contributed by atoms with Gasteiger partial charge < -0.3 is 4.90 Å². The van der Waals surface area contributed by atoms with Crippen LogP contribution in [-0.4, -0.2) is 63.8 Å². The molecule has 2 aromatic carbocycles. The number of nitrogens with zero attached hydrogens (tertiary/aromatic N) is 4. The van der Waals surface area contributed by atoms with E-state index in [0.29, 0.717) is 29.5 Å². The van der Waals surface area contributed by atoms with Crippen LogP contribution >= 0.6 is 11.8 Å². The highest BCUT2D eigenvalue weighted by molar-refractivity contribution is 7.99. The molecule has 0 spiro atoms. The predicted molar refractivity (Wildman–Crippen MR) is 122 cm³/mol. The van der Waals surface area contributed by atoms with E-state index in [1.54, 1.807) is 27.7 Å². The lowest BCUT2D eigenvalue weighted by molar-refractivity contribution is -0.129. The Kier molecular flexibility index (Phi) is 6.61. The van der Waals surface area contributed by atoms with Gasteiger partial charge in [-0.3, -0.25) is 9.36 Å². The Balaban J connectivity index is 1.60. The van der Waals surface area contributed by atoms with E-state index in [1.807, 2.05) is 37.3 Å². The Morgan fingerprint density at radius 3 is 2.53 bits per heavy atom. The van der Waals surface area contributed by atoms with Crippen LogP contribution < -0.4 is 0 Å². The van der Waals surface area contributed by atoms with E-state index in [1.165, 1.54) is 17.8 Å². The molecular formula is C22H23FN4O3S2. The molecule has 32 heavy (non-hydrogen) atoms. The smallest absolute Gasteiger partial charge is 0.233 e. The van der Waals surface area contributed by atoms with Crippen LogP contribution in [0, 0.1) is 5.82 Å². The van der Waals surface area contributed by atoms with Crippen LogP contribution in [-0.2, 0) is 14.6 Å². The molecule has 0 N–H and O–H groups in total. The summed E-state index contributed by atoms with van der Waals surface area (Å²) >= 11 is 1.20. The summed E-state index contributed by atoms with van der Waals surface area (Å²) in [5, 5.41) is 8.90. The van der Waals surface area contributed by atoms with E-state index in [2.05, 4.69) is 10.2 Å². The molecule has 0 saturated carbocycles. The van der Waals surface area contributed by atoms with E-state index in [-0.39, 0.29) is 29.2 Å². The van der Waals surface area contributed by atoms with Gasteiger partial charge in [0.25, 0.3) is 0 Å². The maximum absolute atomic E-state index is 14.5. The van der Waals surface area contributed by atoms with E-state index < -0.39 is 15.7 Å². The molecule has 1 aliphatic heterocycles. The van der Waals surface area contributed by atoms with Gasteiger partial charge in [0.05, 0.1) is 22.8 Å². The fraction of sp³-hybridized carbons (Fsp3) is 0.318. The van der Waals surface area contributed by atoms with Crippen molar-refractivity contribution in [2.75, 3.05) is 23.8 Å². The molecule has 1 aliphatic rings. The molecule has 1 fully saturated rings. The summed E-state index contributed by atoms with van der Waals surface area (Å²) in [6.45, 7) is 2.28. The van der Waals surface area contributed by atoms with Crippen LogP contribution in [0.4, 0.5) is 4.39 Å². The summed E-state index contributed by atoms with van der Waals surface area (Å²) in [5.41, 5.74) is 1.06. The van der Waals surface area contributed by atoms with Crippen molar-refractivity contribution in [3.8, 4) is 17.1 Å². The van der Waals surface area contributed by atoms with E-state index >= 15 is 0 Å². The molecule has 3 aromatic rings. The summed E-state index contributed by atoms with van der Waals surface area (Å²) < 4.78 is 39.9. The van der Waals surface area contributed by atoms with Crippen molar-refractivity contribution in [1.82, 2.24) is 19.7 Å².